The number of hydrogen-bond donors (Lipinski definition) is 1. The number of halogens is 1. The van der Waals surface area contributed by atoms with Gasteiger partial charge in [-0.1, -0.05) is 48.9 Å². The van der Waals surface area contributed by atoms with Gasteiger partial charge in [0.2, 0.25) is 21.8 Å². The molecule has 0 aliphatic heterocycles. The maximum atomic E-state index is 14.2. The van der Waals surface area contributed by atoms with Gasteiger partial charge in [0.25, 0.3) is 0 Å². The van der Waals surface area contributed by atoms with Crippen LogP contribution in [-0.4, -0.2) is 50.5 Å². The third-order valence-corrected chi connectivity index (χ3v) is 6.61. The molecule has 0 saturated carbocycles. The minimum atomic E-state index is -3.75. The minimum absolute atomic E-state index is 0.0116. The van der Waals surface area contributed by atoms with Gasteiger partial charge < -0.3 is 10.2 Å². The van der Waals surface area contributed by atoms with E-state index in [1.54, 1.807) is 13.0 Å². The predicted octanol–water partition coefficient (Wildman–Crippen LogP) is 3.62. The Labute approximate surface area is 202 Å². The predicted molar refractivity (Wildman–Crippen MR) is 132 cm³/mol. The van der Waals surface area contributed by atoms with Gasteiger partial charge in [-0.2, -0.15) is 0 Å². The molecule has 0 bridgehead atoms. The Kier molecular flexibility index (Phi) is 10.0. The van der Waals surface area contributed by atoms with E-state index in [1.165, 1.54) is 23.1 Å². The van der Waals surface area contributed by atoms with Crippen molar-refractivity contribution in [2.75, 3.05) is 23.7 Å². The van der Waals surface area contributed by atoms with E-state index >= 15 is 0 Å². The van der Waals surface area contributed by atoms with Crippen LogP contribution in [-0.2, 0) is 26.2 Å². The molecule has 0 spiro atoms. The Bertz CT molecular complexity index is 1090. The van der Waals surface area contributed by atoms with Crippen LogP contribution in [0.3, 0.4) is 0 Å². The fourth-order valence-corrected chi connectivity index (χ4v) is 4.59. The van der Waals surface area contributed by atoms with Crippen LogP contribution in [0.4, 0.5) is 10.1 Å². The zero-order valence-electron chi connectivity index (χ0n) is 20.3. The standard InChI is InChI=1S/C25H34FN3O4S/c1-5-15-27-25(31)20(3)28(18-21-11-8-10-19(2)17-21)24(30)14-9-16-29(34(4,32)33)23-13-7-6-12-22(23)26/h6-8,10-13,17,20H,5,9,14-16,18H2,1-4H3,(H,27,31). The number of anilines is 1. The second-order valence-electron chi connectivity index (χ2n) is 8.37. The van der Waals surface area contributed by atoms with Gasteiger partial charge in [0, 0.05) is 26.1 Å². The number of carbonyl (C=O) groups excluding carboxylic acids is 2. The molecule has 0 aliphatic rings. The number of para-hydroxylation sites is 1. The summed E-state index contributed by atoms with van der Waals surface area (Å²) in [5.41, 5.74) is 1.88. The maximum absolute atomic E-state index is 14.2. The molecule has 1 N–H and O–H groups in total. The highest BCUT2D eigenvalue weighted by molar-refractivity contribution is 7.92. The second-order valence-corrected chi connectivity index (χ2v) is 10.3. The van der Waals surface area contributed by atoms with Crippen LogP contribution in [0, 0.1) is 12.7 Å². The van der Waals surface area contributed by atoms with Gasteiger partial charge in [0.15, 0.2) is 0 Å². The number of nitrogens with zero attached hydrogens (tertiary/aromatic N) is 2. The molecule has 7 nitrogen and oxygen atoms in total. The molecule has 9 heteroatoms. The van der Waals surface area contributed by atoms with E-state index in [2.05, 4.69) is 5.32 Å². The van der Waals surface area contributed by atoms with Crippen molar-refractivity contribution in [1.29, 1.82) is 0 Å². The van der Waals surface area contributed by atoms with E-state index in [1.807, 2.05) is 38.1 Å². The van der Waals surface area contributed by atoms with Gasteiger partial charge in [-0.25, -0.2) is 12.8 Å². The van der Waals surface area contributed by atoms with Crippen molar-refractivity contribution in [3.05, 3.63) is 65.5 Å². The number of hydrogen-bond acceptors (Lipinski definition) is 4. The summed E-state index contributed by atoms with van der Waals surface area (Å²) in [6.07, 6.45) is 1.97. The molecule has 1 atom stereocenters. The summed E-state index contributed by atoms with van der Waals surface area (Å²) < 4.78 is 39.8. The van der Waals surface area contributed by atoms with Crippen molar-refractivity contribution in [3.8, 4) is 0 Å². The highest BCUT2D eigenvalue weighted by Gasteiger charge is 2.27. The van der Waals surface area contributed by atoms with Crippen LogP contribution >= 0.6 is 0 Å². The van der Waals surface area contributed by atoms with Crippen LogP contribution < -0.4 is 9.62 Å². The number of rotatable bonds is 12. The second kappa shape index (κ2) is 12.5. The molecule has 2 rings (SSSR count). The Morgan fingerprint density at radius 1 is 1.12 bits per heavy atom. The van der Waals surface area contributed by atoms with Gasteiger partial charge in [-0.15, -0.1) is 0 Å². The molecule has 0 radical (unpaired) electrons. The summed E-state index contributed by atoms with van der Waals surface area (Å²) in [7, 11) is -3.75. The van der Waals surface area contributed by atoms with Crippen molar-refractivity contribution in [2.45, 2.75) is 52.6 Å². The third-order valence-electron chi connectivity index (χ3n) is 5.43. The van der Waals surface area contributed by atoms with Crippen LogP contribution in [0.5, 0.6) is 0 Å². The number of amides is 2. The highest BCUT2D eigenvalue weighted by atomic mass is 32.2. The summed E-state index contributed by atoms with van der Waals surface area (Å²) in [6, 6.07) is 12.6. The lowest BCUT2D eigenvalue weighted by Gasteiger charge is -2.29. The lowest BCUT2D eigenvalue weighted by Crippen LogP contribution is -2.47. The Morgan fingerprint density at radius 2 is 1.82 bits per heavy atom. The molecule has 0 saturated heterocycles. The fourth-order valence-electron chi connectivity index (χ4n) is 3.62. The monoisotopic (exact) mass is 491 g/mol. The molecular weight excluding hydrogens is 457 g/mol. The Balaban J connectivity index is 2.16. The van der Waals surface area contributed by atoms with Gasteiger partial charge >= 0.3 is 0 Å². The molecule has 0 heterocycles. The highest BCUT2D eigenvalue weighted by Crippen LogP contribution is 2.22. The number of sulfonamides is 1. The first kappa shape index (κ1) is 27.3. The van der Waals surface area contributed by atoms with Gasteiger partial charge in [-0.05, 0) is 44.4 Å². The zero-order chi connectivity index (χ0) is 25.3. The zero-order valence-corrected chi connectivity index (χ0v) is 21.1. The van der Waals surface area contributed by atoms with Crippen LogP contribution in [0.2, 0.25) is 0 Å². The summed E-state index contributed by atoms with van der Waals surface area (Å²) in [4.78, 5) is 27.3. The Hall–Kier alpha value is -2.94. The van der Waals surface area contributed by atoms with E-state index in [0.717, 1.165) is 28.1 Å². The van der Waals surface area contributed by atoms with Crippen molar-refractivity contribution in [3.63, 3.8) is 0 Å². The molecule has 0 aliphatic carbocycles. The molecule has 2 aromatic rings. The summed E-state index contributed by atoms with van der Waals surface area (Å²) in [5.74, 6) is -1.17. The smallest absolute Gasteiger partial charge is 0.242 e. The molecule has 0 fully saturated rings. The van der Waals surface area contributed by atoms with Crippen molar-refractivity contribution >= 4 is 27.5 Å². The maximum Gasteiger partial charge on any atom is 0.242 e. The van der Waals surface area contributed by atoms with Crippen LogP contribution in [0.15, 0.2) is 48.5 Å². The molecule has 2 amide bonds. The quantitative estimate of drug-likeness (QED) is 0.491. The summed E-state index contributed by atoms with van der Waals surface area (Å²) in [6.45, 7) is 6.30. The fraction of sp³-hybridized carbons (Fsp3) is 0.440. The first-order valence-corrected chi connectivity index (χ1v) is 13.2. The number of carbonyl (C=O) groups is 2. The number of aryl methyl sites for hydroxylation is 1. The molecule has 0 aromatic heterocycles. The SMILES string of the molecule is CCCNC(=O)C(C)N(Cc1cccc(C)c1)C(=O)CCCN(c1ccccc1F)S(C)(=O)=O. The van der Waals surface area contributed by atoms with Gasteiger partial charge in [0.05, 0.1) is 11.9 Å². The average molecular weight is 492 g/mol. The normalized spacial score (nSPS) is 12.1. The molecule has 1 unspecified atom stereocenters. The van der Waals surface area contributed by atoms with Crippen LogP contribution in [0.25, 0.3) is 0 Å². The van der Waals surface area contributed by atoms with E-state index < -0.39 is 21.9 Å². The summed E-state index contributed by atoms with van der Waals surface area (Å²) >= 11 is 0. The van der Waals surface area contributed by atoms with Crippen molar-refractivity contribution in [1.82, 2.24) is 10.2 Å². The van der Waals surface area contributed by atoms with Gasteiger partial charge in [-0.3, -0.25) is 13.9 Å². The van der Waals surface area contributed by atoms with E-state index in [4.69, 9.17) is 0 Å². The third kappa shape index (κ3) is 7.83. The van der Waals surface area contributed by atoms with Crippen LogP contribution in [0.1, 0.15) is 44.2 Å². The number of nitrogens with one attached hydrogen (secondary N) is 1. The first-order chi connectivity index (χ1) is 16.0. The lowest BCUT2D eigenvalue weighted by molar-refractivity contribution is -0.140. The first-order valence-electron chi connectivity index (χ1n) is 11.4. The molecule has 186 valence electrons. The number of benzene rings is 2. The average Bonchev–Trinajstić information content (AvgIpc) is 2.78. The van der Waals surface area contributed by atoms with Crippen molar-refractivity contribution in [2.24, 2.45) is 0 Å². The molecule has 2 aromatic carbocycles. The van der Waals surface area contributed by atoms with Crippen molar-refractivity contribution < 1.29 is 22.4 Å². The minimum Gasteiger partial charge on any atom is -0.354 e. The Morgan fingerprint density at radius 3 is 2.44 bits per heavy atom. The van der Waals surface area contributed by atoms with Gasteiger partial charge in [0.1, 0.15) is 11.9 Å². The molecule has 34 heavy (non-hydrogen) atoms. The topological polar surface area (TPSA) is 86.8 Å². The largest absolute Gasteiger partial charge is 0.354 e. The molecular formula is C25H34FN3O4S. The van der Waals surface area contributed by atoms with E-state index in [9.17, 15) is 22.4 Å². The van der Waals surface area contributed by atoms with E-state index in [-0.39, 0.29) is 43.4 Å². The van der Waals surface area contributed by atoms with E-state index in [0.29, 0.717) is 6.54 Å². The lowest BCUT2D eigenvalue weighted by atomic mass is 10.1. The summed E-state index contributed by atoms with van der Waals surface area (Å²) in [5, 5.41) is 2.82.